The third-order valence-electron chi connectivity index (χ3n) is 2.81. The Balaban J connectivity index is 2.31. The molecule has 0 amide bonds. The minimum atomic E-state index is 0.0919. The maximum atomic E-state index is 11.4. The Morgan fingerprint density at radius 1 is 1.47 bits per heavy atom. The summed E-state index contributed by atoms with van der Waals surface area (Å²) in [6.45, 7) is 7.18. The van der Waals surface area contributed by atoms with Gasteiger partial charge in [-0.1, -0.05) is 0 Å². The number of hydrogen-bond acceptors (Lipinski definition) is 2. The summed E-state index contributed by atoms with van der Waals surface area (Å²) in [5, 5.41) is 4.40. The number of aryl methyl sites for hydroxylation is 2. The van der Waals surface area contributed by atoms with Gasteiger partial charge in [-0.05, 0) is 32.0 Å². The molecule has 2 aromatic heterocycles. The fourth-order valence-electron chi connectivity index (χ4n) is 2.05. The van der Waals surface area contributed by atoms with Gasteiger partial charge in [0.25, 0.3) is 0 Å². The van der Waals surface area contributed by atoms with Gasteiger partial charge >= 0.3 is 0 Å². The van der Waals surface area contributed by atoms with E-state index in [0.29, 0.717) is 6.54 Å². The van der Waals surface area contributed by atoms with Crippen molar-refractivity contribution >= 4 is 5.78 Å². The Morgan fingerprint density at radius 3 is 2.88 bits per heavy atom. The summed E-state index contributed by atoms with van der Waals surface area (Å²) in [4.78, 5) is 11.4. The van der Waals surface area contributed by atoms with Crippen molar-refractivity contribution in [2.24, 2.45) is 0 Å². The van der Waals surface area contributed by atoms with Crippen LogP contribution in [0.3, 0.4) is 0 Å². The zero-order chi connectivity index (χ0) is 12.4. The lowest BCUT2D eigenvalue weighted by Gasteiger charge is -2.08. The van der Waals surface area contributed by atoms with Gasteiger partial charge in [0.05, 0.1) is 23.6 Å². The molecule has 0 fully saturated rings. The molecule has 4 heteroatoms. The van der Waals surface area contributed by atoms with E-state index in [2.05, 4.69) is 18.1 Å². The molecule has 0 atom stereocenters. The van der Waals surface area contributed by atoms with Crippen LogP contribution in [0.2, 0.25) is 0 Å². The molecule has 4 nitrogen and oxygen atoms in total. The van der Waals surface area contributed by atoms with Crippen LogP contribution in [0.4, 0.5) is 0 Å². The first-order valence-electron chi connectivity index (χ1n) is 5.81. The summed E-state index contributed by atoms with van der Waals surface area (Å²) < 4.78 is 3.93. The maximum Gasteiger partial charge on any atom is 0.176 e. The molecule has 17 heavy (non-hydrogen) atoms. The summed E-state index contributed by atoms with van der Waals surface area (Å²) in [7, 11) is 0. The summed E-state index contributed by atoms with van der Waals surface area (Å²) >= 11 is 0. The van der Waals surface area contributed by atoms with Crippen molar-refractivity contribution < 1.29 is 4.79 Å². The zero-order valence-electron chi connectivity index (χ0n) is 10.5. The SMILES string of the molecule is CCn1nc(C)cc1Cn1cccc1C(C)=O. The molecule has 0 N–H and O–H groups in total. The normalized spacial score (nSPS) is 10.8. The van der Waals surface area contributed by atoms with Crippen LogP contribution in [0.15, 0.2) is 24.4 Å². The second-order valence-electron chi connectivity index (χ2n) is 4.17. The van der Waals surface area contributed by atoms with Crippen molar-refractivity contribution in [3.63, 3.8) is 0 Å². The van der Waals surface area contributed by atoms with Gasteiger partial charge in [-0.15, -0.1) is 0 Å². The number of aromatic nitrogens is 3. The van der Waals surface area contributed by atoms with Gasteiger partial charge in [-0.25, -0.2) is 0 Å². The summed E-state index contributed by atoms with van der Waals surface area (Å²) in [5.74, 6) is 0.0919. The smallest absolute Gasteiger partial charge is 0.176 e. The van der Waals surface area contributed by atoms with Crippen molar-refractivity contribution in [1.82, 2.24) is 14.3 Å². The molecular weight excluding hydrogens is 214 g/mol. The molecule has 2 aromatic rings. The zero-order valence-corrected chi connectivity index (χ0v) is 10.5. The predicted octanol–water partition coefficient (Wildman–Crippen LogP) is 2.26. The van der Waals surface area contributed by atoms with Gasteiger partial charge < -0.3 is 4.57 Å². The van der Waals surface area contributed by atoms with E-state index in [9.17, 15) is 4.79 Å². The summed E-state index contributed by atoms with van der Waals surface area (Å²) in [5.41, 5.74) is 2.88. The summed E-state index contributed by atoms with van der Waals surface area (Å²) in [6, 6.07) is 5.81. The van der Waals surface area contributed by atoms with Gasteiger partial charge in [0.2, 0.25) is 0 Å². The minimum absolute atomic E-state index is 0.0919. The molecule has 0 spiro atoms. The van der Waals surface area contributed by atoms with Crippen LogP contribution >= 0.6 is 0 Å². The topological polar surface area (TPSA) is 39.8 Å². The van der Waals surface area contributed by atoms with E-state index in [1.807, 2.05) is 34.5 Å². The number of nitrogens with zero attached hydrogens (tertiary/aromatic N) is 3. The largest absolute Gasteiger partial charge is 0.339 e. The van der Waals surface area contributed by atoms with E-state index in [4.69, 9.17) is 0 Å². The molecule has 90 valence electrons. The van der Waals surface area contributed by atoms with Gasteiger partial charge in [-0.2, -0.15) is 5.10 Å². The Kier molecular flexibility index (Phi) is 3.13. The van der Waals surface area contributed by atoms with E-state index in [1.165, 1.54) is 0 Å². The molecule has 0 bridgehead atoms. The molecule has 0 unspecified atom stereocenters. The maximum absolute atomic E-state index is 11.4. The average Bonchev–Trinajstić information content (AvgIpc) is 2.85. The Hall–Kier alpha value is -1.84. The Labute approximate surface area is 101 Å². The number of carbonyl (C=O) groups excluding carboxylic acids is 1. The number of carbonyl (C=O) groups is 1. The van der Waals surface area contributed by atoms with Crippen LogP contribution in [0.5, 0.6) is 0 Å². The highest BCUT2D eigenvalue weighted by atomic mass is 16.1. The first-order chi connectivity index (χ1) is 8.11. The molecule has 0 aliphatic carbocycles. The average molecular weight is 231 g/mol. The highest BCUT2D eigenvalue weighted by Crippen LogP contribution is 2.10. The quantitative estimate of drug-likeness (QED) is 0.757. The number of ketones is 1. The lowest BCUT2D eigenvalue weighted by atomic mass is 10.3. The van der Waals surface area contributed by atoms with E-state index < -0.39 is 0 Å². The fraction of sp³-hybridized carbons (Fsp3) is 0.385. The Morgan fingerprint density at radius 2 is 2.24 bits per heavy atom. The molecule has 0 aromatic carbocycles. The van der Waals surface area contributed by atoms with Gasteiger partial charge in [0.1, 0.15) is 0 Å². The van der Waals surface area contributed by atoms with Crippen molar-refractivity contribution in [2.75, 3.05) is 0 Å². The molecular formula is C13H17N3O. The van der Waals surface area contributed by atoms with E-state index in [-0.39, 0.29) is 5.78 Å². The molecule has 0 aliphatic heterocycles. The third-order valence-corrected chi connectivity index (χ3v) is 2.81. The molecule has 2 rings (SSSR count). The number of Topliss-reactive ketones (excluding diaryl/α,β-unsaturated/α-hetero) is 1. The molecule has 0 saturated carbocycles. The number of hydrogen-bond donors (Lipinski definition) is 0. The second-order valence-corrected chi connectivity index (χ2v) is 4.17. The molecule has 2 heterocycles. The van der Waals surface area contributed by atoms with Crippen molar-refractivity contribution in [1.29, 1.82) is 0 Å². The third kappa shape index (κ3) is 2.30. The van der Waals surface area contributed by atoms with Crippen LogP contribution in [-0.4, -0.2) is 20.1 Å². The van der Waals surface area contributed by atoms with Gasteiger partial charge in [-0.3, -0.25) is 9.48 Å². The highest BCUT2D eigenvalue weighted by Gasteiger charge is 2.09. The Bertz CT molecular complexity index is 537. The van der Waals surface area contributed by atoms with E-state index in [1.54, 1.807) is 6.92 Å². The van der Waals surface area contributed by atoms with E-state index >= 15 is 0 Å². The van der Waals surface area contributed by atoms with Crippen molar-refractivity contribution in [2.45, 2.75) is 33.9 Å². The number of rotatable bonds is 4. The minimum Gasteiger partial charge on any atom is -0.339 e. The first kappa shape index (κ1) is 11.6. The lowest BCUT2D eigenvalue weighted by molar-refractivity contribution is 0.100. The molecule has 0 aliphatic rings. The van der Waals surface area contributed by atoms with Crippen LogP contribution in [-0.2, 0) is 13.1 Å². The monoisotopic (exact) mass is 231 g/mol. The van der Waals surface area contributed by atoms with Crippen molar-refractivity contribution in [3.05, 3.63) is 41.5 Å². The standard InChI is InChI=1S/C13H17N3O/c1-4-16-12(8-10(2)14-16)9-15-7-5-6-13(15)11(3)17/h5-8H,4,9H2,1-3H3. The van der Waals surface area contributed by atoms with Gasteiger partial charge in [0.15, 0.2) is 5.78 Å². The van der Waals surface area contributed by atoms with Crippen LogP contribution in [0, 0.1) is 6.92 Å². The summed E-state index contributed by atoms with van der Waals surface area (Å²) in [6.07, 6.45) is 1.93. The fourth-order valence-corrected chi connectivity index (χ4v) is 2.05. The first-order valence-corrected chi connectivity index (χ1v) is 5.81. The van der Waals surface area contributed by atoms with Crippen molar-refractivity contribution in [3.8, 4) is 0 Å². The molecule has 0 radical (unpaired) electrons. The van der Waals surface area contributed by atoms with E-state index in [0.717, 1.165) is 23.6 Å². The lowest BCUT2D eigenvalue weighted by Crippen LogP contribution is -2.11. The highest BCUT2D eigenvalue weighted by molar-refractivity contribution is 5.92. The molecule has 0 saturated heterocycles. The van der Waals surface area contributed by atoms with Crippen LogP contribution in [0.25, 0.3) is 0 Å². The second kappa shape index (κ2) is 4.57. The van der Waals surface area contributed by atoms with Gasteiger partial charge in [0, 0.05) is 19.7 Å². The van der Waals surface area contributed by atoms with Crippen LogP contribution in [0.1, 0.15) is 35.7 Å². The predicted molar refractivity (Wildman–Crippen MR) is 66.2 cm³/mol. The van der Waals surface area contributed by atoms with Crippen LogP contribution < -0.4 is 0 Å².